The summed E-state index contributed by atoms with van der Waals surface area (Å²) in [5.41, 5.74) is 2.30. The normalized spacial score (nSPS) is 16.2. The molecule has 1 aliphatic heterocycles. The van der Waals surface area contributed by atoms with Crippen molar-refractivity contribution in [3.05, 3.63) is 59.4 Å². The largest absolute Gasteiger partial charge is 0.493 e. The number of ether oxygens (including phenoxy) is 1. The number of amides is 1. The Labute approximate surface area is 134 Å². The van der Waals surface area contributed by atoms with Crippen LogP contribution in [0.2, 0.25) is 0 Å². The molecule has 1 aliphatic rings. The maximum atomic E-state index is 13.5. The molecule has 0 aliphatic carbocycles. The molecule has 0 saturated heterocycles. The molecule has 0 aromatic heterocycles. The number of hydrogen-bond donors (Lipinski definition) is 1. The van der Waals surface area contributed by atoms with Crippen molar-refractivity contribution in [2.45, 2.75) is 12.5 Å². The lowest BCUT2D eigenvalue weighted by molar-refractivity contribution is 0.0924. The van der Waals surface area contributed by atoms with Crippen LogP contribution in [0.5, 0.6) is 5.75 Å². The van der Waals surface area contributed by atoms with Gasteiger partial charge in [-0.15, -0.1) is 0 Å². The number of carbonyl (C=O) groups excluding carboxylic acids is 1. The molecule has 0 fully saturated rings. The maximum Gasteiger partial charge on any atom is 0.251 e. The Hall–Kier alpha value is -2.56. The van der Waals surface area contributed by atoms with Crippen LogP contribution in [-0.4, -0.2) is 26.6 Å². The van der Waals surface area contributed by atoms with Crippen LogP contribution in [0, 0.1) is 5.82 Å². The Morgan fingerprint density at radius 2 is 1.96 bits per heavy atom. The fourth-order valence-corrected chi connectivity index (χ4v) is 2.67. The van der Waals surface area contributed by atoms with Gasteiger partial charge in [-0.2, -0.15) is 0 Å². The number of carbonyl (C=O) groups is 1. The third-order valence-corrected chi connectivity index (χ3v) is 3.96. The second-order valence-corrected chi connectivity index (χ2v) is 5.79. The predicted octanol–water partition coefficient (Wildman–Crippen LogP) is 3.15. The van der Waals surface area contributed by atoms with E-state index in [1.165, 1.54) is 12.1 Å². The summed E-state index contributed by atoms with van der Waals surface area (Å²) in [6.07, 6.45) is 0.623. The lowest BCUT2D eigenvalue weighted by Gasteiger charge is -2.26. The predicted molar refractivity (Wildman–Crippen MR) is 87.5 cm³/mol. The van der Waals surface area contributed by atoms with Crippen molar-refractivity contribution >= 4 is 11.6 Å². The molecule has 5 heteroatoms. The number of rotatable bonds is 3. The summed E-state index contributed by atoms with van der Waals surface area (Å²) in [5, 5.41) is 2.97. The molecular weight excluding hydrogens is 295 g/mol. The summed E-state index contributed by atoms with van der Waals surface area (Å²) in [6.45, 7) is 0.503. The second kappa shape index (κ2) is 6.28. The first-order valence-corrected chi connectivity index (χ1v) is 7.55. The quantitative estimate of drug-likeness (QED) is 0.946. The molecule has 2 aromatic rings. The molecule has 0 radical (unpaired) electrons. The van der Waals surface area contributed by atoms with E-state index in [1.54, 1.807) is 18.2 Å². The summed E-state index contributed by atoms with van der Waals surface area (Å²) in [5.74, 6) is 0.132. The van der Waals surface area contributed by atoms with Gasteiger partial charge in [0, 0.05) is 37.3 Å². The standard InChI is InChI=1S/C18H19FN2O2/c1-21(2)14-6-3-12(4-7-14)18(22)20-16-9-10-23-17-8-5-13(19)11-15(16)17/h3-8,11,16H,9-10H2,1-2H3,(H,20,22). The minimum atomic E-state index is -0.330. The topological polar surface area (TPSA) is 41.6 Å². The van der Waals surface area contributed by atoms with Crippen LogP contribution in [0.3, 0.4) is 0 Å². The molecule has 3 rings (SSSR count). The van der Waals surface area contributed by atoms with Gasteiger partial charge in [0.15, 0.2) is 0 Å². The molecule has 0 spiro atoms. The number of fused-ring (bicyclic) bond motifs is 1. The Kier molecular flexibility index (Phi) is 4.19. The van der Waals surface area contributed by atoms with E-state index in [2.05, 4.69) is 5.32 Å². The molecular formula is C18H19FN2O2. The Morgan fingerprint density at radius 1 is 1.22 bits per heavy atom. The second-order valence-electron chi connectivity index (χ2n) is 5.79. The lowest BCUT2D eigenvalue weighted by atomic mass is 10.00. The summed E-state index contributed by atoms with van der Waals surface area (Å²) >= 11 is 0. The first-order chi connectivity index (χ1) is 11.0. The molecule has 1 amide bonds. The summed E-state index contributed by atoms with van der Waals surface area (Å²) in [7, 11) is 3.89. The van der Waals surface area contributed by atoms with Gasteiger partial charge < -0.3 is 15.0 Å². The van der Waals surface area contributed by atoms with Gasteiger partial charge >= 0.3 is 0 Å². The zero-order valence-corrected chi connectivity index (χ0v) is 13.2. The number of halogens is 1. The first-order valence-electron chi connectivity index (χ1n) is 7.55. The zero-order valence-electron chi connectivity index (χ0n) is 13.2. The SMILES string of the molecule is CN(C)c1ccc(C(=O)NC2CCOc3ccc(F)cc32)cc1. The van der Waals surface area contributed by atoms with Gasteiger partial charge in [-0.3, -0.25) is 4.79 Å². The van der Waals surface area contributed by atoms with Crippen LogP contribution in [0.15, 0.2) is 42.5 Å². The van der Waals surface area contributed by atoms with E-state index in [4.69, 9.17) is 4.74 Å². The number of benzene rings is 2. The molecule has 23 heavy (non-hydrogen) atoms. The van der Waals surface area contributed by atoms with Gasteiger partial charge in [0.2, 0.25) is 0 Å². The Morgan fingerprint density at radius 3 is 2.65 bits per heavy atom. The number of nitrogens with one attached hydrogen (secondary N) is 1. The van der Waals surface area contributed by atoms with E-state index in [1.807, 2.05) is 31.1 Å². The van der Waals surface area contributed by atoms with Crippen molar-refractivity contribution in [3.63, 3.8) is 0 Å². The number of hydrogen-bond acceptors (Lipinski definition) is 3. The van der Waals surface area contributed by atoms with Crippen LogP contribution in [0.1, 0.15) is 28.4 Å². The lowest BCUT2D eigenvalue weighted by Crippen LogP contribution is -2.32. The zero-order chi connectivity index (χ0) is 16.4. The van der Waals surface area contributed by atoms with Crippen molar-refractivity contribution in [1.82, 2.24) is 5.32 Å². The average Bonchev–Trinajstić information content (AvgIpc) is 2.55. The van der Waals surface area contributed by atoms with Crippen LogP contribution < -0.4 is 15.0 Å². The Balaban J connectivity index is 1.77. The highest BCUT2D eigenvalue weighted by Crippen LogP contribution is 2.32. The van der Waals surface area contributed by atoms with Crippen LogP contribution >= 0.6 is 0 Å². The minimum absolute atomic E-state index is 0.169. The summed E-state index contributed by atoms with van der Waals surface area (Å²) in [6, 6.07) is 11.5. The maximum absolute atomic E-state index is 13.5. The molecule has 1 atom stereocenters. The minimum Gasteiger partial charge on any atom is -0.493 e. The fourth-order valence-electron chi connectivity index (χ4n) is 2.67. The van der Waals surface area contributed by atoms with Crippen LogP contribution in [0.4, 0.5) is 10.1 Å². The highest BCUT2D eigenvalue weighted by Gasteiger charge is 2.24. The van der Waals surface area contributed by atoms with Crippen molar-refractivity contribution in [2.24, 2.45) is 0 Å². The molecule has 1 unspecified atom stereocenters. The van der Waals surface area contributed by atoms with Crippen molar-refractivity contribution in [1.29, 1.82) is 0 Å². The van der Waals surface area contributed by atoms with Gasteiger partial charge in [-0.1, -0.05) is 0 Å². The fraction of sp³-hybridized carbons (Fsp3) is 0.278. The molecule has 4 nitrogen and oxygen atoms in total. The van der Waals surface area contributed by atoms with Gasteiger partial charge in [-0.25, -0.2) is 4.39 Å². The summed E-state index contributed by atoms with van der Waals surface area (Å²) < 4.78 is 19.0. The molecule has 1 heterocycles. The average molecular weight is 314 g/mol. The van der Waals surface area contributed by atoms with Gasteiger partial charge in [0.1, 0.15) is 11.6 Å². The van der Waals surface area contributed by atoms with Crippen molar-refractivity contribution in [2.75, 3.05) is 25.6 Å². The smallest absolute Gasteiger partial charge is 0.251 e. The molecule has 0 saturated carbocycles. The first kappa shape index (κ1) is 15.3. The van der Waals surface area contributed by atoms with E-state index in [0.29, 0.717) is 29.9 Å². The van der Waals surface area contributed by atoms with E-state index < -0.39 is 0 Å². The van der Waals surface area contributed by atoms with E-state index in [9.17, 15) is 9.18 Å². The molecule has 0 bridgehead atoms. The molecule has 120 valence electrons. The van der Waals surface area contributed by atoms with E-state index >= 15 is 0 Å². The van der Waals surface area contributed by atoms with E-state index in [-0.39, 0.29) is 17.8 Å². The third-order valence-electron chi connectivity index (χ3n) is 3.96. The third kappa shape index (κ3) is 3.28. The van der Waals surface area contributed by atoms with Crippen LogP contribution in [0.25, 0.3) is 0 Å². The van der Waals surface area contributed by atoms with Crippen molar-refractivity contribution < 1.29 is 13.9 Å². The van der Waals surface area contributed by atoms with Gasteiger partial charge in [-0.05, 0) is 42.5 Å². The van der Waals surface area contributed by atoms with Gasteiger partial charge in [0.05, 0.1) is 12.6 Å². The Bertz CT molecular complexity index is 713. The van der Waals surface area contributed by atoms with Crippen LogP contribution in [-0.2, 0) is 0 Å². The summed E-state index contributed by atoms with van der Waals surface area (Å²) in [4.78, 5) is 14.4. The highest BCUT2D eigenvalue weighted by molar-refractivity contribution is 5.94. The molecule has 2 aromatic carbocycles. The van der Waals surface area contributed by atoms with Crippen molar-refractivity contribution in [3.8, 4) is 5.75 Å². The monoisotopic (exact) mass is 314 g/mol. The number of nitrogens with zero attached hydrogens (tertiary/aromatic N) is 1. The van der Waals surface area contributed by atoms with Gasteiger partial charge in [0.25, 0.3) is 5.91 Å². The highest BCUT2D eigenvalue weighted by atomic mass is 19.1. The number of anilines is 1. The van der Waals surface area contributed by atoms with E-state index in [0.717, 1.165) is 5.69 Å². The molecule has 1 N–H and O–H groups in total.